The molecule has 0 aliphatic heterocycles. The minimum absolute atomic E-state index is 0.0660. The molecule has 0 aliphatic rings. The highest BCUT2D eigenvalue weighted by molar-refractivity contribution is 5.89. The fourth-order valence-electron chi connectivity index (χ4n) is 2.70. The lowest BCUT2D eigenvalue weighted by atomic mass is 10.0. The molecule has 0 unspecified atom stereocenters. The summed E-state index contributed by atoms with van der Waals surface area (Å²) in [6.45, 7) is 0. The Hall–Kier alpha value is -3.75. The van der Waals surface area contributed by atoms with Crippen molar-refractivity contribution >= 4 is 11.6 Å². The number of nitriles is 1. The first-order chi connectivity index (χ1) is 14.8. The molecule has 3 nitrogen and oxygen atoms in total. The highest BCUT2D eigenvalue weighted by Crippen LogP contribution is 2.36. The maximum Gasteiger partial charge on any atom is 0.435 e. The largest absolute Gasteiger partial charge is 0.435 e. The molecule has 0 saturated heterocycles. The Morgan fingerprint density at radius 1 is 0.875 bits per heavy atom. The van der Waals surface area contributed by atoms with Crippen molar-refractivity contribution in [1.29, 1.82) is 5.26 Å². The summed E-state index contributed by atoms with van der Waals surface area (Å²) in [4.78, 5) is 0. The van der Waals surface area contributed by atoms with Gasteiger partial charge < -0.3 is 0 Å². The van der Waals surface area contributed by atoms with Gasteiger partial charge in [0.1, 0.15) is 5.69 Å². The van der Waals surface area contributed by atoms with E-state index in [0.717, 1.165) is 36.4 Å². The summed E-state index contributed by atoms with van der Waals surface area (Å²) >= 11 is 0. The summed E-state index contributed by atoms with van der Waals surface area (Å²) in [7, 11) is 0. The van der Waals surface area contributed by atoms with Crippen molar-refractivity contribution in [3.63, 3.8) is 0 Å². The van der Waals surface area contributed by atoms with Crippen LogP contribution in [0.15, 0.2) is 42.5 Å². The Morgan fingerprint density at radius 2 is 1.50 bits per heavy atom. The maximum absolute atomic E-state index is 13.9. The van der Waals surface area contributed by atoms with Crippen molar-refractivity contribution in [2.75, 3.05) is 0 Å². The monoisotopic (exact) mass is 461 g/mol. The van der Waals surface area contributed by atoms with E-state index in [1.54, 1.807) is 6.07 Å². The molecule has 0 saturated carbocycles. The number of rotatable bonds is 3. The lowest BCUT2D eigenvalue weighted by molar-refractivity contribution is -0.143. The van der Waals surface area contributed by atoms with Gasteiger partial charge in [0.2, 0.25) is 0 Å². The molecule has 12 heteroatoms. The summed E-state index contributed by atoms with van der Waals surface area (Å²) in [6.07, 6.45) is -9.20. The van der Waals surface area contributed by atoms with Gasteiger partial charge in [-0.15, -0.1) is 0 Å². The smallest absolute Gasteiger partial charge is 0.228 e. The average Bonchev–Trinajstić information content (AvgIpc) is 3.18. The van der Waals surface area contributed by atoms with Crippen LogP contribution >= 0.6 is 0 Å². The van der Waals surface area contributed by atoms with E-state index < -0.39 is 52.3 Å². The van der Waals surface area contributed by atoms with Crippen molar-refractivity contribution < 1.29 is 39.5 Å². The third kappa shape index (κ3) is 4.46. The van der Waals surface area contributed by atoms with Crippen LogP contribution in [0.3, 0.4) is 0 Å². The second-order valence-electron chi connectivity index (χ2n) is 6.31. The Kier molecular flexibility index (Phi) is 5.78. The second kappa shape index (κ2) is 8.07. The van der Waals surface area contributed by atoms with Gasteiger partial charge in [-0.3, -0.25) is 0 Å². The van der Waals surface area contributed by atoms with E-state index in [1.165, 1.54) is 0 Å². The summed E-state index contributed by atoms with van der Waals surface area (Å²) in [5.41, 5.74) is -4.64. The van der Waals surface area contributed by atoms with Crippen LogP contribution in [0.2, 0.25) is 0 Å². The van der Waals surface area contributed by atoms with Crippen LogP contribution in [0, 0.1) is 28.8 Å². The highest BCUT2D eigenvalue weighted by atomic mass is 19.4. The molecule has 0 amide bonds. The first kappa shape index (κ1) is 22.9. The van der Waals surface area contributed by atoms with Gasteiger partial charge in [-0.2, -0.15) is 36.7 Å². The van der Waals surface area contributed by atoms with E-state index in [1.807, 2.05) is 0 Å². The number of alkyl halides is 6. The van der Waals surface area contributed by atoms with Gasteiger partial charge in [-0.1, -0.05) is 12.1 Å². The maximum atomic E-state index is 13.9. The van der Waals surface area contributed by atoms with Crippen molar-refractivity contribution in [3.8, 4) is 11.8 Å². The number of hydrogen-bond acceptors (Lipinski definition) is 2. The molecular weight excluding hydrogens is 453 g/mol. The van der Waals surface area contributed by atoms with Gasteiger partial charge in [0.15, 0.2) is 23.1 Å². The van der Waals surface area contributed by atoms with Crippen LogP contribution in [0.5, 0.6) is 0 Å². The molecule has 0 atom stereocenters. The third-order valence-corrected chi connectivity index (χ3v) is 4.18. The van der Waals surface area contributed by atoms with Gasteiger partial charge in [0.05, 0.1) is 17.3 Å². The van der Waals surface area contributed by atoms with E-state index in [9.17, 15) is 44.8 Å². The highest BCUT2D eigenvalue weighted by Gasteiger charge is 2.42. The van der Waals surface area contributed by atoms with Gasteiger partial charge >= 0.3 is 12.4 Å². The predicted octanol–water partition coefficient (Wildman–Crippen LogP) is 6.39. The van der Waals surface area contributed by atoms with Crippen molar-refractivity contribution in [1.82, 2.24) is 9.78 Å². The molecule has 0 N–H and O–H groups in total. The Bertz CT molecular complexity index is 1230. The molecule has 1 heterocycles. The molecule has 2 aromatic carbocycles. The summed E-state index contributed by atoms with van der Waals surface area (Å²) in [6, 6.07) is 7.13. The fourth-order valence-corrected chi connectivity index (χ4v) is 2.70. The molecule has 0 radical (unpaired) electrons. The van der Waals surface area contributed by atoms with Crippen LogP contribution < -0.4 is 0 Å². The summed E-state index contributed by atoms with van der Waals surface area (Å²) in [5, 5.41) is 12.2. The van der Waals surface area contributed by atoms with Crippen molar-refractivity contribution in [2.24, 2.45) is 0 Å². The van der Waals surface area contributed by atoms with E-state index in [-0.39, 0.29) is 22.0 Å². The third-order valence-electron chi connectivity index (χ3n) is 4.18. The Balaban J connectivity index is 2.03. The predicted molar refractivity (Wildman–Crippen MR) is 93.4 cm³/mol. The van der Waals surface area contributed by atoms with Gasteiger partial charge in [0.25, 0.3) is 0 Å². The van der Waals surface area contributed by atoms with Crippen LogP contribution in [0.25, 0.3) is 17.3 Å². The number of aromatic nitrogens is 2. The number of hydrogen-bond donors (Lipinski definition) is 0. The Morgan fingerprint density at radius 3 is 2.03 bits per heavy atom. The van der Waals surface area contributed by atoms with Crippen molar-refractivity contribution in [3.05, 3.63) is 82.4 Å². The molecule has 1 aromatic heterocycles. The summed E-state index contributed by atoms with van der Waals surface area (Å²) < 4.78 is 118. The molecule has 0 aliphatic carbocycles. The molecule has 0 spiro atoms. The van der Waals surface area contributed by atoms with E-state index >= 15 is 0 Å². The minimum atomic E-state index is -5.13. The zero-order valence-corrected chi connectivity index (χ0v) is 15.4. The molecule has 0 fully saturated rings. The van der Waals surface area contributed by atoms with E-state index in [0.29, 0.717) is 6.07 Å². The number of nitrogens with zero attached hydrogens (tertiary/aromatic N) is 3. The van der Waals surface area contributed by atoms with Gasteiger partial charge in [0, 0.05) is 11.6 Å². The molecule has 32 heavy (non-hydrogen) atoms. The zero-order chi connectivity index (χ0) is 23.8. The Labute approximate surface area is 173 Å². The quantitative estimate of drug-likeness (QED) is 0.196. The van der Waals surface area contributed by atoms with Gasteiger partial charge in [-0.05, 0) is 35.9 Å². The van der Waals surface area contributed by atoms with E-state index in [4.69, 9.17) is 0 Å². The topological polar surface area (TPSA) is 41.6 Å². The molecule has 166 valence electrons. The van der Waals surface area contributed by atoms with Crippen LogP contribution in [0.4, 0.5) is 39.5 Å². The summed E-state index contributed by atoms with van der Waals surface area (Å²) in [5.74, 6) is -4.87. The van der Waals surface area contributed by atoms with E-state index in [2.05, 4.69) is 5.10 Å². The fraction of sp³-hybridized carbons (Fsp3) is 0.100. The lowest BCUT2D eigenvalue weighted by Gasteiger charge is -2.10. The number of allylic oxidation sites excluding steroid dienone is 1. The SMILES string of the molecule is N#CC(=Cc1ccc(-n2nc(C(F)(F)F)cc2C(F)(F)F)cc1)c1ccc(F)c(F)c1F. The van der Waals surface area contributed by atoms with Crippen LogP contribution in [-0.2, 0) is 12.4 Å². The number of benzene rings is 2. The first-order valence-corrected chi connectivity index (χ1v) is 8.43. The van der Waals surface area contributed by atoms with Crippen LogP contribution in [0.1, 0.15) is 22.5 Å². The molecule has 0 bridgehead atoms. The van der Waals surface area contributed by atoms with Crippen molar-refractivity contribution in [2.45, 2.75) is 12.4 Å². The second-order valence-corrected chi connectivity index (χ2v) is 6.31. The minimum Gasteiger partial charge on any atom is -0.228 e. The lowest BCUT2D eigenvalue weighted by Crippen LogP contribution is -2.13. The molecular formula is C20H8F9N3. The normalized spacial score (nSPS) is 12.7. The average molecular weight is 461 g/mol. The number of halogens is 9. The van der Waals surface area contributed by atoms with Crippen LogP contribution in [-0.4, -0.2) is 9.78 Å². The standard InChI is InChI=1S/C20H8F9N3/c21-14-6-5-13(17(22)18(14)23)11(9-30)7-10-1-3-12(4-2-10)32-16(20(27,28)29)8-15(31-32)19(24,25)26/h1-8H. The zero-order valence-electron chi connectivity index (χ0n) is 15.4. The molecule has 3 aromatic rings. The first-order valence-electron chi connectivity index (χ1n) is 8.43. The molecule has 3 rings (SSSR count). The van der Waals surface area contributed by atoms with Gasteiger partial charge in [-0.25, -0.2) is 17.9 Å².